The summed E-state index contributed by atoms with van der Waals surface area (Å²) in [6, 6.07) is 8.67. The van der Waals surface area contributed by atoms with Crippen LogP contribution in [0.15, 0.2) is 30.3 Å². The van der Waals surface area contributed by atoms with Gasteiger partial charge >= 0.3 is 11.8 Å². The van der Waals surface area contributed by atoms with E-state index in [0.29, 0.717) is 5.69 Å². The van der Waals surface area contributed by atoms with E-state index in [1.807, 2.05) is 6.07 Å². The van der Waals surface area contributed by atoms with E-state index in [1.165, 1.54) is 0 Å². The molecule has 0 bridgehead atoms. The summed E-state index contributed by atoms with van der Waals surface area (Å²) in [7, 11) is 0. The van der Waals surface area contributed by atoms with Crippen molar-refractivity contribution in [2.24, 2.45) is 5.73 Å². The molecule has 5 nitrogen and oxygen atoms in total. The van der Waals surface area contributed by atoms with Crippen molar-refractivity contribution < 1.29 is 9.59 Å². The van der Waals surface area contributed by atoms with E-state index in [9.17, 15) is 9.59 Å². The first-order valence-electron chi connectivity index (χ1n) is 4.52. The third kappa shape index (κ3) is 4.05. The maximum absolute atomic E-state index is 11.3. The molecule has 0 saturated heterocycles. The summed E-state index contributed by atoms with van der Waals surface area (Å²) in [5, 5.41) is 4.72. The fourth-order valence-electron chi connectivity index (χ4n) is 0.957. The second-order valence-corrected chi connectivity index (χ2v) is 3.49. The fourth-order valence-corrected chi connectivity index (χ4v) is 1.03. The molecule has 0 aromatic heterocycles. The van der Waals surface area contributed by atoms with Gasteiger partial charge in [-0.3, -0.25) is 9.59 Å². The second-order valence-electron chi connectivity index (χ2n) is 2.97. The third-order valence-electron chi connectivity index (χ3n) is 1.66. The van der Waals surface area contributed by atoms with Crippen LogP contribution < -0.4 is 16.4 Å². The molecule has 4 N–H and O–H groups in total. The minimum atomic E-state index is -0.767. The molecule has 0 aliphatic carbocycles. The Morgan fingerprint density at radius 1 is 1.19 bits per heavy atom. The lowest BCUT2D eigenvalue weighted by Gasteiger charge is -2.05. The van der Waals surface area contributed by atoms with E-state index in [2.05, 4.69) is 22.9 Å². The van der Waals surface area contributed by atoms with Crippen LogP contribution in [0.5, 0.6) is 0 Å². The van der Waals surface area contributed by atoms with Gasteiger partial charge in [0.05, 0.1) is 11.5 Å². The quantitative estimate of drug-likeness (QED) is 0.511. The zero-order chi connectivity index (χ0) is 12.0. The van der Waals surface area contributed by atoms with Crippen LogP contribution in [0.25, 0.3) is 0 Å². The number of anilines is 1. The van der Waals surface area contributed by atoms with E-state index in [1.54, 1.807) is 24.3 Å². The molecule has 0 heterocycles. The average Bonchev–Trinajstić information content (AvgIpc) is 2.27. The number of para-hydroxylation sites is 1. The highest BCUT2D eigenvalue weighted by Gasteiger charge is 2.12. The Hall–Kier alpha value is -1.95. The molecule has 2 amide bonds. The van der Waals surface area contributed by atoms with Crippen molar-refractivity contribution in [1.29, 1.82) is 0 Å². The number of carbonyl (C=O) groups is 2. The molecule has 16 heavy (non-hydrogen) atoms. The van der Waals surface area contributed by atoms with Gasteiger partial charge in [0.2, 0.25) is 0 Å². The van der Waals surface area contributed by atoms with Crippen LogP contribution in [-0.2, 0) is 9.59 Å². The van der Waals surface area contributed by atoms with Gasteiger partial charge in [-0.2, -0.15) is 0 Å². The highest BCUT2D eigenvalue weighted by Crippen LogP contribution is 2.04. The summed E-state index contributed by atoms with van der Waals surface area (Å²) in [6.07, 6.45) is 0. The highest BCUT2D eigenvalue weighted by molar-refractivity contribution is 7.80. The summed E-state index contributed by atoms with van der Waals surface area (Å²) >= 11 is 4.56. The molecule has 1 aromatic carbocycles. The molecule has 0 aliphatic rings. The van der Waals surface area contributed by atoms with Gasteiger partial charge in [0.15, 0.2) is 0 Å². The molecule has 0 atom stereocenters. The van der Waals surface area contributed by atoms with Gasteiger partial charge in [-0.15, -0.1) is 0 Å². The molecule has 1 rings (SSSR count). The fraction of sp³-hybridized carbons (Fsp3) is 0.100. The van der Waals surface area contributed by atoms with Crippen molar-refractivity contribution >= 4 is 34.7 Å². The maximum atomic E-state index is 11.3. The van der Waals surface area contributed by atoms with Gasteiger partial charge in [-0.25, -0.2) is 0 Å². The van der Waals surface area contributed by atoms with Crippen molar-refractivity contribution in [3.63, 3.8) is 0 Å². The van der Waals surface area contributed by atoms with Crippen LogP contribution in [0.4, 0.5) is 5.69 Å². The third-order valence-corrected chi connectivity index (χ3v) is 1.81. The SMILES string of the molecule is NC(=S)CNC(=O)C(=O)Nc1ccccc1. The number of rotatable bonds is 3. The molecule has 0 spiro atoms. The van der Waals surface area contributed by atoms with E-state index >= 15 is 0 Å². The zero-order valence-corrected chi connectivity index (χ0v) is 9.21. The number of hydrogen-bond acceptors (Lipinski definition) is 3. The smallest absolute Gasteiger partial charge is 0.313 e. The van der Waals surface area contributed by atoms with Crippen LogP contribution in [0, 0.1) is 0 Å². The molecule has 84 valence electrons. The average molecular weight is 237 g/mol. The van der Waals surface area contributed by atoms with Crippen molar-refractivity contribution in [3.8, 4) is 0 Å². The normalized spacial score (nSPS) is 9.25. The van der Waals surface area contributed by atoms with Crippen LogP contribution in [0.2, 0.25) is 0 Å². The number of carbonyl (C=O) groups excluding carboxylic acids is 2. The lowest BCUT2D eigenvalue weighted by molar-refractivity contribution is -0.135. The number of nitrogens with two attached hydrogens (primary N) is 1. The van der Waals surface area contributed by atoms with E-state index in [4.69, 9.17) is 5.73 Å². The molecule has 0 saturated carbocycles. The Morgan fingerprint density at radius 2 is 1.81 bits per heavy atom. The number of nitrogens with one attached hydrogen (secondary N) is 2. The van der Waals surface area contributed by atoms with Crippen molar-refractivity contribution in [1.82, 2.24) is 5.32 Å². The van der Waals surface area contributed by atoms with E-state index in [0.717, 1.165) is 0 Å². The summed E-state index contributed by atoms with van der Waals surface area (Å²) in [5.74, 6) is -1.51. The zero-order valence-electron chi connectivity index (χ0n) is 8.40. The van der Waals surface area contributed by atoms with Crippen molar-refractivity contribution in [3.05, 3.63) is 30.3 Å². The van der Waals surface area contributed by atoms with E-state index in [-0.39, 0.29) is 11.5 Å². The Kier molecular flexibility index (Phi) is 4.41. The first-order chi connectivity index (χ1) is 7.59. The summed E-state index contributed by atoms with van der Waals surface area (Å²) in [4.78, 5) is 22.7. The highest BCUT2D eigenvalue weighted by atomic mass is 32.1. The van der Waals surface area contributed by atoms with Crippen molar-refractivity contribution in [2.45, 2.75) is 0 Å². The molecule has 0 radical (unpaired) electrons. The molecule has 0 unspecified atom stereocenters. The van der Waals surface area contributed by atoms with Crippen LogP contribution >= 0.6 is 12.2 Å². The summed E-state index contributed by atoms with van der Waals surface area (Å²) < 4.78 is 0. The minimum absolute atomic E-state index is 0.0103. The number of thiocarbonyl (C=S) groups is 1. The van der Waals surface area contributed by atoms with E-state index < -0.39 is 11.8 Å². The molecule has 1 aromatic rings. The molecular weight excluding hydrogens is 226 g/mol. The lowest BCUT2D eigenvalue weighted by Crippen LogP contribution is -2.39. The van der Waals surface area contributed by atoms with Gasteiger partial charge in [0, 0.05) is 5.69 Å². The number of benzene rings is 1. The van der Waals surface area contributed by atoms with Gasteiger partial charge in [-0.1, -0.05) is 30.4 Å². The molecular formula is C10H11N3O2S. The standard InChI is InChI=1S/C10H11N3O2S/c11-8(16)6-12-9(14)10(15)13-7-4-2-1-3-5-7/h1-5H,6H2,(H2,11,16)(H,12,14)(H,13,15). The number of hydrogen-bond donors (Lipinski definition) is 3. The Bertz CT molecular complexity index is 406. The lowest BCUT2D eigenvalue weighted by atomic mass is 10.3. The minimum Gasteiger partial charge on any atom is -0.392 e. The number of amides is 2. The topological polar surface area (TPSA) is 84.2 Å². The molecule has 0 aliphatic heterocycles. The van der Waals surface area contributed by atoms with Gasteiger partial charge < -0.3 is 16.4 Å². The molecule has 6 heteroatoms. The van der Waals surface area contributed by atoms with Gasteiger partial charge in [0.1, 0.15) is 0 Å². The largest absolute Gasteiger partial charge is 0.392 e. The predicted octanol–water partition coefficient (Wildman–Crippen LogP) is 0.0274. The summed E-state index contributed by atoms with van der Waals surface area (Å²) in [5.41, 5.74) is 5.73. The van der Waals surface area contributed by atoms with Gasteiger partial charge in [0.25, 0.3) is 0 Å². The van der Waals surface area contributed by atoms with Crippen LogP contribution in [-0.4, -0.2) is 23.3 Å². The Labute approximate surface area is 98.0 Å². The van der Waals surface area contributed by atoms with Gasteiger partial charge in [-0.05, 0) is 12.1 Å². The second kappa shape index (κ2) is 5.82. The van der Waals surface area contributed by atoms with Crippen molar-refractivity contribution in [2.75, 3.05) is 11.9 Å². The Morgan fingerprint density at radius 3 is 2.38 bits per heavy atom. The maximum Gasteiger partial charge on any atom is 0.313 e. The van der Waals surface area contributed by atoms with Crippen LogP contribution in [0.1, 0.15) is 0 Å². The predicted molar refractivity (Wildman–Crippen MR) is 64.9 cm³/mol. The monoisotopic (exact) mass is 237 g/mol. The van der Waals surface area contributed by atoms with Crippen LogP contribution in [0.3, 0.4) is 0 Å². The first-order valence-corrected chi connectivity index (χ1v) is 4.93. The molecule has 0 fully saturated rings. The summed E-state index contributed by atoms with van der Waals surface area (Å²) in [6.45, 7) is 0.0103. The Balaban J connectivity index is 2.46. The first kappa shape index (κ1) is 12.1.